The molecule has 5 heteroatoms. The first kappa shape index (κ1) is 13.8. The summed E-state index contributed by atoms with van der Waals surface area (Å²) in [6, 6.07) is 3.92. The molecule has 1 fully saturated rings. The number of methoxy groups -OCH3 is 1. The molecule has 0 aliphatic carbocycles. The molecule has 0 radical (unpaired) electrons. The number of likely N-dealkylation sites (tertiary alicyclic amines) is 1. The molecule has 19 heavy (non-hydrogen) atoms. The molecule has 1 aromatic rings. The van der Waals surface area contributed by atoms with Crippen molar-refractivity contribution in [1.82, 2.24) is 4.90 Å². The number of benzene rings is 1. The maximum Gasteiger partial charge on any atom is 0.257 e. The van der Waals surface area contributed by atoms with E-state index in [0.717, 1.165) is 12.8 Å². The Morgan fingerprint density at radius 1 is 1.58 bits per heavy atom. The smallest absolute Gasteiger partial charge is 0.257 e. The Bertz CT molecular complexity index is 464. The van der Waals surface area contributed by atoms with Crippen molar-refractivity contribution >= 4 is 5.91 Å². The quantitative estimate of drug-likeness (QED) is 0.906. The van der Waals surface area contributed by atoms with E-state index >= 15 is 0 Å². The van der Waals surface area contributed by atoms with Crippen LogP contribution >= 0.6 is 0 Å². The van der Waals surface area contributed by atoms with Gasteiger partial charge in [-0.3, -0.25) is 4.79 Å². The lowest BCUT2D eigenvalue weighted by atomic mass is 9.98. The normalized spacial score (nSPS) is 19.3. The second-order valence-corrected chi connectivity index (χ2v) is 4.79. The van der Waals surface area contributed by atoms with Crippen LogP contribution in [0.15, 0.2) is 18.2 Å². The van der Waals surface area contributed by atoms with E-state index < -0.39 is 5.82 Å². The highest BCUT2D eigenvalue weighted by atomic mass is 19.1. The van der Waals surface area contributed by atoms with Gasteiger partial charge >= 0.3 is 0 Å². The van der Waals surface area contributed by atoms with Crippen LogP contribution in [0.4, 0.5) is 4.39 Å². The topological polar surface area (TPSA) is 49.8 Å². The van der Waals surface area contributed by atoms with Crippen molar-refractivity contribution in [2.75, 3.05) is 26.8 Å². The number of amides is 1. The van der Waals surface area contributed by atoms with E-state index in [2.05, 4.69) is 0 Å². The number of carbonyl (C=O) groups is 1. The molecule has 1 unspecified atom stereocenters. The molecule has 0 saturated carbocycles. The number of carbonyl (C=O) groups excluding carboxylic acids is 1. The molecule has 1 N–H and O–H groups in total. The number of hydrogen-bond donors (Lipinski definition) is 1. The number of hydrogen-bond acceptors (Lipinski definition) is 3. The number of aliphatic hydroxyl groups excluding tert-OH is 1. The Morgan fingerprint density at radius 3 is 3.05 bits per heavy atom. The molecule has 104 valence electrons. The molecule has 1 amide bonds. The lowest BCUT2D eigenvalue weighted by molar-refractivity contribution is 0.0617. The van der Waals surface area contributed by atoms with Crippen LogP contribution in [-0.2, 0) is 0 Å². The zero-order valence-electron chi connectivity index (χ0n) is 10.9. The summed E-state index contributed by atoms with van der Waals surface area (Å²) in [5.41, 5.74) is 0.237. The van der Waals surface area contributed by atoms with Crippen molar-refractivity contribution < 1.29 is 19.0 Å². The number of ether oxygens (including phenoxy) is 1. The Kier molecular flexibility index (Phi) is 4.37. The average molecular weight is 267 g/mol. The molecule has 1 atom stereocenters. The Balaban J connectivity index is 2.21. The van der Waals surface area contributed by atoms with Gasteiger partial charge in [0.1, 0.15) is 11.6 Å². The standard InChI is InChI=1S/C14H18FNO3/c1-19-13-5-4-11(15)7-12(13)14(18)16-6-2-3-10(8-16)9-17/h4-5,7,10,17H,2-3,6,8-9H2,1H3. The predicted molar refractivity (Wildman–Crippen MR) is 68.7 cm³/mol. The van der Waals surface area contributed by atoms with Gasteiger partial charge in [-0.15, -0.1) is 0 Å². The fraction of sp³-hybridized carbons (Fsp3) is 0.500. The maximum absolute atomic E-state index is 13.3. The second kappa shape index (κ2) is 6.02. The zero-order chi connectivity index (χ0) is 13.8. The third-order valence-corrected chi connectivity index (χ3v) is 3.46. The predicted octanol–water partition coefficient (Wildman–Crippen LogP) is 1.68. The summed E-state index contributed by atoms with van der Waals surface area (Å²) in [6.45, 7) is 1.22. The molecular formula is C14H18FNO3. The lowest BCUT2D eigenvalue weighted by Gasteiger charge is -2.32. The van der Waals surface area contributed by atoms with E-state index in [1.54, 1.807) is 4.90 Å². The lowest BCUT2D eigenvalue weighted by Crippen LogP contribution is -2.41. The zero-order valence-corrected chi connectivity index (χ0v) is 10.9. The van der Waals surface area contributed by atoms with Crippen molar-refractivity contribution in [3.63, 3.8) is 0 Å². The van der Waals surface area contributed by atoms with E-state index in [0.29, 0.717) is 18.8 Å². The van der Waals surface area contributed by atoms with Crippen molar-refractivity contribution in [2.24, 2.45) is 5.92 Å². The van der Waals surface area contributed by atoms with Crippen molar-refractivity contribution in [3.8, 4) is 5.75 Å². The first-order chi connectivity index (χ1) is 9.15. The minimum absolute atomic E-state index is 0.0735. The second-order valence-electron chi connectivity index (χ2n) is 4.79. The van der Waals surface area contributed by atoms with Gasteiger partial charge in [0.2, 0.25) is 0 Å². The SMILES string of the molecule is COc1ccc(F)cc1C(=O)N1CCCC(CO)C1. The van der Waals surface area contributed by atoms with Gasteiger partial charge in [0.25, 0.3) is 5.91 Å². The van der Waals surface area contributed by atoms with Crippen LogP contribution < -0.4 is 4.74 Å². The summed E-state index contributed by atoms with van der Waals surface area (Å²) in [5, 5.41) is 9.18. The van der Waals surface area contributed by atoms with Crippen molar-refractivity contribution in [1.29, 1.82) is 0 Å². The van der Waals surface area contributed by atoms with Crippen LogP contribution in [0.3, 0.4) is 0 Å². The summed E-state index contributed by atoms with van der Waals surface area (Å²) < 4.78 is 18.4. The van der Waals surface area contributed by atoms with Crippen LogP contribution in [0.2, 0.25) is 0 Å². The van der Waals surface area contributed by atoms with Gasteiger partial charge in [-0.1, -0.05) is 0 Å². The molecular weight excluding hydrogens is 249 g/mol. The Hall–Kier alpha value is -1.62. The monoisotopic (exact) mass is 267 g/mol. The molecule has 4 nitrogen and oxygen atoms in total. The van der Waals surface area contributed by atoms with Crippen LogP contribution in [0.1, 0.15) is 23.2 Å². The highest BCUT2D eigenvalue weighted by Gasteiger charge is 2.26. The molecule has 1 heterocycles. The summed E-state index contributed by atoms with van der Waals surface area (Å²) in [7, 11) is 1.46. The van der Waals surface area contributed by atoms with E-state index in [1.807, 2.05) is 0 Å². The average Bonchev–Trinajstić information content (AvgIpc) is 2.46. The summed E-state index contributed by atoms with van der Waals surface area (Å²) in [6.07, 6.45) is 1.77. The first-order valence-corrected chi connectivity index (χ1v) is 6.39. The molecule has 0 aromatic heterocycles. The third kappa shape index (κ3) is 3.04. The van der Waals surface area contributed by atoms with Gasteiger partial charge in [-0.2, -0.15) is 0 Å². The van der Waals surface area contributed by atoms with Crippen LogP contribution in [0.5, 0.6) is 5.75 Å². The summed E-state index contributed by atoms with van der Waals surface area (Å²) in [4.78, 5) is 14.0. The fourth-order valence-electron chi connectivity index (χ4n) is 2.42. The van der Waals surface area contributed by atoms with Gasteiger partial charge in [0.05, 0.1) is 12.7 Å². The number of rotatable bonds is 3. The molecule has 0 bridgehead atoms. The fourth-order valence-corrected chi connectivity index (χ4v) is 2.42. The highest BCUT2D eigenvalue weighted by Crippen LogP contribution is 2.24. The van der Waals surface area contributed by atoms with Crippen LogP contribution in [-0.4, -0.2) is 42.7 Å². The molecule has 2 rings (SSSR count). The van der Waals surface area contributed by atoms with Gasteiger partial charge in [0, 0.05) is 19.7 Å². The van der Waals surface area contributed by atoms with Gasteiger partial charge in [-0.25, -0.2) is 4.39 Å². The maximum atomic E-state index is 13.3. The summed E-state index contributed by atoms with van der Waals surface area (Å²) >= 11 is 0. The number of aliphatic hydroxyl groups is 1. The minimum Gasteiger partial charge on any atom is -0.496 e. The number of nitrogens with zero attached hydrogens (tertiary/aromatic N) is 1. The van der Waals surface area contributed by atoms with Gasteiger partial charge < -0.3 is 14.7 Å². The van der Waals surface area contributed by atoms with Crippen LogP contribution in [0, 0.1) is 11.7 Å². The molecule has 0 spiro atoms. The minimum atomic E-state index is -0.458. The third-order valence-electron chi connectivity index (χ3n) is 3.46. The van der Waals surface area contributed by atoms with E-state index in [9.17, 15) is 14.3 Å². The molecule has 1 aliphatic rings. The number of piperidine rings is 1. The van der Waals surface area contributed by atoms with Crippen LogP contribution in [0.25, 0.3) is 0 Å². The molecule has 1 saturated heterocycles. The van der Waals surface area contributed by atoms with E-state index in [-0.39, 0.29) is 24.0 Å². The first-order valence-electron chi connectivity index (χ1n) is 6.39. The van der Waals surface area contributed by atoms with Gasteiger partial charge in [-0.05, 0) is 37.0 Å². The van der Waals surface area contributed by atoms with Gasteiger partial charge in [0.15, 0.2) is 0 Å². The van der Waals surface area contributed by atoms with Crippen molar-refractivity contribution in [3.05, 3.63) is 29.6 Å². The Labute approximate surface area is 111 Å². The largest absolute Gasteiger partial charge is 0.496 e. The Morgan fingerprint density at radius 2 is 2.37 bits per heavy atom. The number of halogens is 1. The van der Waals surface area contributed by atoms with E-state index in [4.69, 9.17) is 4.74 Å². The highest BCUT2D eigenvalue weighted by molar-refractivity contribution is 5.97. The van der Waals surface area contributed by atoms with E-state index in [1.165, 1.54) is 25.3 Å². The van der Waals surface area contributed by atoms with Crippen molar-refractivity contribution in [2.45, 2.75) is 12.8 Å². The molecule has 1 aliphatic heterocycles. The molecule has 1 aromatic carbocycles. The summed E-state index contributed by atoms with van der Waals surface area (Å²) in [5.74, 6) is -0.218.